The molecule has 0 spiro atoms. The molecule has 0 amide bonds. The highest BCUT2D eigenvalue weighted by atomic mass is 16.3. The van der Waals surface area contributed by atoms with E-state index < -0.39 is 0 Å². The maximum atomic E-state index is 12.8. The molecule has 0 atom stereocenters. The highest BCUT2D eigenvalue weighted by molar-refractivity contribution is 5.96. The van der Waals surface area contributed by atoms with Gasteiger partial charge in [-0.2, -0.15) is 0 Å². The predicted octanol–water partition coefficient (Wildman–Crippen LogP) is 3.15. The number of nitrogens with two attached hydrogens (primary N) is 1. The zero-order chi connectivity index (χ0) is 21.2. The molecule has 0 unspecified atom stereocenters. The number of aromatic nitrogens is 4. The van der Waals surface area contributed by atoms with Crippen molar-refractivity contribution >= 4 is 22.2 Å². The summed E-state index contributed by atoms with van der Waals surface area (Å²) in [5.41, 5.74) is 9.05. The fraction of sp³-hybridized carbons (Fsp3) is 0.261. The molecule has 8 nitrogen and oxygen atoms in total. The number of pyridine rings is 3. The van der Waals surface area contributed by atoms with E-state index in [0.29, 0.717) is 23.0 Å². The van der Waals surface area contributed by atoms with E-state index in [1.807, 2.05) is 18.2 Å². The molecular weight excluding hydrogens is 392 g/mol. The summed E-state index contributed by atoms with van der Waals surface area (Å²) in [7, 11) is 0. The van der Waals surface area contributed by atoms with Crippen molar-refractivity contribution in [2.45, 2.75) is 25.2 Å². The third-order valence-electron chi connectivity index (χ3n) is 5.55. The third-order valence-corrected chi connectivity index (χ3v) is 5.55. The maximum Gasteiger partial charge on any atom is 0.197 e. The molecule has 5 rings (SSSR count). The molecule has 4 aromatic heterocycles. The Morgan fingerprint density at radius 2 is 1.90 bits per heavy atom. The lowest BCUT2D eigenvalue weighted by molar-refractivity contribution is 0.0987. The second-order valence-corrected chi connectivity index (χ2v) is 7.79. The van der Waals surface area contributed by atoms with Crippen molar-refractivity contribution < 1.29 is 9.21 Å². The Balaban J connectivity index is 1.36. The normalized spacial score (nSPS) is 14.7. The van der Waals surface area contributed by atoms with E-state index in [2.05, 4.69) is 25.3 Å². The first-order valence-corrected chi connectivity index (χ1v) is 10.3. The number of nitrogens with one attached hydrogen (secondary N) is 1. The third kappa shape index (κ3) is 4.15. The molecule has 0 aromatic carbocycles. The minimum atomic E-state index is -0.106. The summed E-state index contributed by atoms with van der Waals surface area (Å²) in [6.07, 6.45) is 10.4. The number of anilines is 1. The van der Waals surface area contributed by atoms with Gasteiger partial charge in [0.2, 0.25) is 0 Å². The van der Waals surface area contributed by atoms with Gasteiger partial charge in [-0.15, -0.1) is 0 Å². The number of hydrogen-bond donors (Lipinski definition) is 2. The van der Waals surface area contributed by atoms with E-state index in [-0.39, 0.29) is 18.1 Å². The van der Waals surface area contributed by atoms with E-state index in [9.17, 15) is 4.79 Å². The molecule has 31 heavy (non-hydrogen) atoms. The highest BCUT2D eigenvalue weighted by Crippen LogP contribution is 2.25. The summed E-state index contributed by atoms with van der Waals surface area (Å²) in [5, 5.41) is 5.16. The van der Waals surface area contributed by atoms with Gasteiger partial charge in [-0.05, 0) is 49.5 Å². The molecule has 1 fully saturated rings. The zero-order valence-electron chi connectivity index (χ0n) is 16.9. The molecule has 1 saturated heterocycles. The number of carbonyl (C=O) groups excluding carboxylic acids is 1. The van der Waals surface area contributed by atoms with Gasteiger partial charge >= 0.3 is 0 Å². The highest BCUT2D eigenvalue weighted by Gasteiger charge is 2.22. The molecule has 156 valence electrons. The molecule has 0 bridgehead atoms. The van der Waals surface area contributed by atoms with Crippen LogP contribution in [0.15, 0.2) is 53.7 Å². The fourth-order valence-corrected chi connectivity index (χ4v) is 3.86. The summed E-state index contributed by atoms with van der Waals surface area (Å²) >= 11 is 0. The first-order valence-electron chi connectivity index (χ1n) is 10.3. The standard InChI is InChI=1S/C23H22N6O2/c24-18-5-16(9-26-12-18)20-7-15-6-19(27-10-17(15)11-28-20)8-22(30)21-13-31-23(29-21)14-1-3-25-4-2-14/h5-7,9-14,25H,1-4,8,24H2. The molecule has 1 aliphatic rings. The van der Waals surface area contributed by atoms with Crippen molar-refractivity contribution in [1.29, 1.82) is 0 Å². The van der Waals surface area contributed by atoms with Crippen molar-refractivity contribution in [2.24, 2.45) is 0 Å². The van der Waals surface area contributed by atoms with Crippen molar-refractivity contribution in [3.8, 4) is 11.3 Å². The summed E-state index contributed by atoms with van der Waals surface area (Å²) < 4.78 is 5.60. The lowest BCUT2D eigenvalue weighted by atomic mass is 9.98. The van der Waals surface area contributed by atoms with Crippen LogP contribution in [-0.2, 0) is 6.42 Å². The number of nitrogens with zero attached hydrogens (tertiary/aromatic N) is 4. The van der Waals surface area contributed by atoms with Crippen LogP contribution in [0.5, 0.6) is 0 Å². The average molecular weight is 414 g/mol. The number of piperidine rings is 1. The summed E-state index contributed by atoms with van der Waals surface area (Å²) in [6, 6.07) is 5.69. The largest absolute Gasteiger partial charge is 0.448 e. The Morgan fingerprint density at radius 1 is 1.06 bits per heavy atom. The van der Waals surface area contributed by atoms with E-state index >= 15 is 0 Å². The number of nitrogen functional groups attached to an aromatic ring is 1. The number of hydrogen-bond acceptors (Lipinski definition) is 8. The second-order valence-electron chi connectivity index (χ2n) is 7.79. The molecule has 8 heteroatoms. The Hall–Kier alpha value is -3.65. The minimum Gasteiger partial charge on any atom is -0.448 e. The van der Waals surface area contributed by atoms with Gasteiger partial charge in [-0.1, -0.05) is 0 Å². The Morgan fingerprint density at radius 3 is 2.74 bits per heavy atom. The monoisotopic (exact) mass is 414 g/mol. The van der Waals surface area contributed by atoms with Crippen molar-refractivity contribution in [2.75, 3.05) is 18.8 Å². The van der Waals surface area contributed by atoms with Crippen LogP contribution in [0.1, 0.15) is 40.8 Å². The van der Waals surface area contributed by atoms with E-state index in [0.717, 1.165) is 48.0 Å². The lowest BCUT2D eigenvalue weighted by Gasteiger charge is -2.19. The van der Waals surface area contributed by atoms with Gasteiger partial charge in [0.05, 0.1) is 17.8 Å². The molecule has 0 radical (unpaired) electrons. The quantitative estimate of drug-likeness (QED) is 0.478. The second kappa shape index (κ2) is 8.23. The van der Waals surface area contributed by atoms with E-state index in [1.54, 1.807) is 24.8 Å². The zero-order valence-corrected chi connectivity index (χ0v) is 16.9. The number of rotatable bonds is 5. The molecular formula is C23H22N6O2. The van der Waals surface area contributed by atoms with Crippen LogP contribution < -0.4 is 11.1 Å². The van der Waals surface area contributed by atoms with Crippen LogP contribution in [0.2, 0.25) is 0 Å². The van der Waals surface area contributed by atoms with Crippen LogP contribution in [-0.4, -0.2) is 38.8 Å². The molecule has 0 saturated carbocycles. The van der Waals surface area contributed by atoms with Gasteiger partial charge in [0.25, 0.3) is 0 Å². The predicted molar refractivity (Wildman–Crippen MR) is 117 cm³/mol. The van der Waals surface area contributed by atoms with Gasteiger partial charge in [-0.25, -0.2) is 4.98 Å². The van der Waals surface area contributed by atoms with E-state index in [1.165, 1.54) is 6.26 Å². The Labute approximate surface area is 179 Å². The number of Topliss-reactive ketones (excluding diaryl/α,β-unsaturated/α-hetero) is 1. The number of ketones is 1. The van der Waals surface area contributed by atoms with Gasteiger partial charge < -0.3 is 15.5 Å². The average Bonchev–Trinajstić information content (AvgIpc) is 3.30. The van der Waals surface area contributed by atoms with Gasteiger partial charge in [-0.3, -0.25) is 19.7 Å². The molecule has 3 N–H and O–H groups in total. The first-order chi connectivity index (χ1) is 15.2. The van der Waals surface area contributed by atoms with Crippen molar-refractivity contribution in [3.05, 3.63) is 66.5 Å². The molecule has 1 aliphatic heterocycles. The minimum absolute atomic E-state index is 0.106. The first kappa shape index (κ1) is 19.3. The molecule has 5 heterocycles. The lowest BCUT2D eigenvalue weighted by Crippen LogP contribution is -2.26. The molecule has 4 aromatic rings. The number of carbonyl (C=O) groups is 1. The summed E-state index contributed by atoms with van der Waals surface area (Å²) in [5.74, 6) is 0.821. The van der Waals surface area contributed by atoms with Crippen LogP contribution >= 0.6 is 0 Å². The van der Waals surface area contributed by atoms with Gasteiger partial charge in [0, 0.05) is 47.3 Å². The smallest absolute Gasteiger partial charge is 0.197 e. The SMILES string of the molecule is Nc1cncc(-c2cc3cc(CC(=O)c4coc(C5CCNCC5)n4)ncc3cn2)c1. The maximum absolute atomic E-state index is 12.8. The van der Waals surface area contributed by atoms with Crippen molar-refractivity contribution in [3.63, 3.8) is 0 Å². The fourth-order valence-electron chi connectivity index (χ4n) is 3.86. The number of oxazole rings is 1. The molecule has 0 aliphatic carbocycles. The van der Waals surface area contributed by atoms with E-state index in [4.69, 9.17) is 10.2 Å². The summed E-state index contributed by atoms with van der Waals surface area (Å²) in [6.45, 7) is 1.89. The van der Waals surface area contributed by atoms with Crippen LogP contribution in [0, 0.1) is 0 Å². The number of fused-ring (bicyclic) bond motifs is 1. The van der Waals surface area contributed by atoms with Crippen LogP contribution in [0.4, 0.5) is 5.69 Å². The van der Waals surface area contributed by atoms with Gasteiger partial charge in [0.15, 0.2) is 11.7 Å². The Kier molecular flexibility index (Phi) is 5.13. The van der Waals surface area contributed by atoms with Crippen LogP contribution in [0.3, 0.4) is 0 Å². The van der Waals surface area contributed by atoms with Gasteiger partial charge in [0.1, 0.15) is 12.0 Å². The summed E-state index contributed by atoms with van der Waals surface area (Å²) in [4.78, 5) is 30.2. The van der Waals surface area contributed by atoms with Crippen LogP contribution in [0.25, 0.3) is 22.0 Å². The topological polar surface area (TPSA) is 120 Å². The Bertz CT molecular complexity index is 1250. The van der Waals surface area contributed by atoms with Crippen molar-refractivity contribution in [1.82, 2.24) is 25.3 Å².